The van der Waals surface area contributed by atoms with Gasteiger partial charge in [0.2, 0.25) is 5.91 Å². The molecule has 0 radical (unpaired) electrons. The van der Waals surface area contributed by atoms with E-state index in [0.717, 1.165) is 0 Å². The summed E-state index contributed by atoms with van der Waals surface area (Å²) in [6.45, 7) is 5.75. The Hall–Kier alpha value is -1.67. The van der Waals surface area contributed by atoms with Gasteiger partial charge >= 0.3 is 12.0 Å². The molecule has 1 fully saturated rings. The van der Waals surface area contributed by atoms with Crippen molar-refractivity contribution < 1.29 is 24.2 Å². The number of carbonyl (C=O) groups excluding carboxylic acids is 2. The molecule has 8 heteroatoms. The summed E-state index contributed by atoms with van der Waals surface area (Å²) >= 11 is 0. The molecule has 1 heterocycles. The third kappa shape index (κ3) is 7.62. The molecule has 0 aromatic carbocycles. The highest BCUT2D eigenvalue weighted by molar-refractivity contribution is 5.95. The van der Waals surface area contributed by atoms with Crippen molar-refractivity contribution in [2.24, 2.45) is 5.92 Å². The minimum Gasteiger partial charge on any atom is -0.481 e. The maximum Gasteiger partial charge on any atom is 0.321 e. The summed E-state index contributed by atoms with van der Waals surface area (Å²) in [5.74, 6) is -1.03. The zero-order valence-corrected chi connectivity index (χ0v) is 12.4. The minimum atomic E-state index is -0.931. The number of amides is 3. The fourth-order valence-electron chi connectivity index (χ4n) is 1.95. The Labute approximate surface area is 123 Å². The van der Waals surface area contributed by atoms with Gasteiger partial charge in [-0.2, -0.15) is 0 Å². The van der Waals surface area contributed by atoms with Crippen LogP contribution < -0.4 is 10.6 Å². The van der Waals surface area contributed by atoms with Gasteiger partial charge in [-0.25, -0.2) is 4.79 Å². The van der Waals surface area contributed by atoms with E-state index >= 15 is 0 Å². The molecule has 0 spiro atoms. The van der Waals surface area contributed by atoms with E-state index in [1.807, 2.05) is 13.8 Å². The van der Waals surface area contributed by atoms with Gasteiger partial charge in [-0.1, -0.05) is 13.8 Å². The number of nitrogens with zero attached hydrogens (tertiary/aromatic N) is 1. The molecule has 1 saturated heterocycles. The van der Waals surface area contributed by atoms with Crippen LogP contribution in [0.2, 0.25) is 0 Å². The van der Waals surface area contributed by atoms with E-state index < -0.39 is 24.0 Å². The number of nitrogens with one attached hydrogen (secondary N) is 2. The normalized spacial score (nSPS) is 19.3. The SMILES string of the molecule is CC(C)CNC(=O)NC(=O)CN1CCOC(CC(=O)O)C1. The predicted molar refractivity (Wildman–Crippen MR) is 74.8 cm³/mol. The van der Waals surface area contributed by atoms with Gasteiger partial charge in [0.05, 0.1) is 25.7 Å². The van der Waals surface area contributed by atoms with Gasteiger partial charge in [0.25, 0.3) is 0 Å². The van der Waals surface area contributed by atoms with Crippen molar-refractivity contribution >= 4 is 17.9 Å². The Morgan fingerprint density at radius 1 is 1.38 bits per heavy atom. The van der Waals surface area contributed by atoms with Crippen LogP contribution in [-0.4, -0.2) is 66.8 Å². The predicted octanol–water partition coefficient (Wildman–Crippen LogP) is -0.356. The summed E-state index contributed by atoms with van der Waals surface area (Å²) in [7, 11) is 0. The lowest BCUT2D eigenvalue weighted by Crippen LogP contribution is -2.49. The van der Waals surface area contributed by atoms with Gasteiger partial charge in [-0.15, -0.1) is 0 Å². The lowest BCUT2D eigenvalue weighted by atomic mass is 10.2. The van der Waals surface area contributed by atoms with Crippen molar-refractivity contribution in [2.75, 3.05) is 32.8 Å². The Morgan fingerprint density at radius 2 is 2.10 bits per heavy atom. The molecule has 1 atom stereocenters. The monoisotopic (exact) mass is 301 g/mol. The van der Waals surface area contributed by atoms with E-state index in [1.165, 1.54) is 0 Å². The second kappa shape index (κ2) is 8.58. The number of rotatable bonds is 6. The Morgan fingerprint density at radius 3 is 2.71 bits per heavy atom. The van der Waals surface area contributed by atoms with Crippen LogP contribution in [0, 0.1) is 5.92 Å². The number of aliphatic carboxylic acids is 1. The van der Waals surface area contributed by atoms with Crippen LogP contribution in [0.15, 0.2) is 0 Å². The summed E-state index contributed by atoms with van der Waals surface area (Å²) in [6.07, 6.45) is -0.508. The topological polar surface area (TPSA) is 108 Å². The molecule has 0 aliphatic carbocycles. The average molecular weight is 301 g/mol. The molecule has 3 N–H and O–H groups in total. The number of carboxylic acids is 1. The smallest absolute Gasteiger partial charge is 0.321 e. The van der Waals surface area contributed by atoms with Crippen LogP contribution in [-0.2, 0) is 14.3 Å². The van der Waals surface area contributed by atoms with Crippen LogP contribution in [0.1, 0.15) is 20.3 Å². The van der Waals surface area contributed by atoms with Crippen molar-refractivity contribution in [3.63, 3.8) is 0 Å². The molecule has 1 aliphatic heterocycles. The maximum atomic E-state index is 11.7. The van der Waals surface area contributed by atoms with Crippen molar-refractivity contribution in [1.82, 2.24) is 15.5 Å². The number of urea groups is 1. The number of ether oxygens (including phenoxy) is 1. The molecular weight excluding hydrogens is 278 g/mol. The summed E-state index contributed by atoms with van der Waals surface area (Å²) in [5, 5.41) is 13.6. The van der Waals surface area contributed by atoms with Gasteiger partial charge in [-0.3, -0.25) is 19.8 Å². The standard InChI is InChI=1S/C13H23N3O5/c1-9(2)6-14-13(20)15-11(17)8-16-3-4-21-10(7-16)5-12(18)19/h9-10H,3-8H2,1-2H3,(H,18,19)(H2,14,15,17,20). The third-order valence-corrected chi connectivity index (χ3v) is 2.92. The van der Waals surface area contributed by atoms with Crippen LogP contribution >= 0.6 is 0 Å². The molecule has 0 bridgehead atoms. The highest BCUT2D eigenvalue weighted by Gasteiger charge is 2.24. The highest BCUT2D eigenvalue weighted by atomic mass is 16.5. The van der Waals surface area contributed by atoms with Gasteiger partial charge in [-0.05, 0) is 5.92 Å². The van der Waals surface area contributed by atoms with E-state index in [-0.39, 0.29) is 13.0 Å². The average Bonchev–Trinajstić information content (AvgIpc) is 2.35. The summed E-state index contributed by atoms with van der Waals surface area (Å²) in [5.41, 5.74) is 0. The van der Waals surface area contributed by atoms with Crippen LogP contribution in [0.25, 0.3) is 0 Å². The second-order valence-electron chi connectivity index (χ2n) is 5.48. The summed E-state index contributed by atoms with van der Waals surface area (Å²) < 4.78 is 5.31. The third-order valence-electron chi connectivity index (χ3n) is 2.92. The number of carbonyl (C=O) groups is 3. The Bertz CT molecular complexity index is 386. The van der Waals surface area contributed by atoms with E-state index in [2.05, 4.69) is 10.6 Å². The Balaban J connectivity index is 2.30. The molecule has 1 unspecified atom stereocenters. The summed E-state index contributed by atoms with van der Waals surface area (Å²) in [6, 6.07) is -0.510. The molecular formula is C13H23N3O5. The molecule has 0 aromatic heterocycles. The van der Waals surface area contributed by atoms with Crippen molar-refractivity contribution in [3.05, 3.63) is 0 Å². The first-order valence-corrected chi connectivity index (χ1v) is 7.00. The van der Waals surface area contributed by atoms with Crippen LogP contribution in [0.3, 0.4) is 0 Å². The Kier molecular flexibility index (Phi) is 7.10. The molecule has 120 valence electrons. The van der Waals surface area contributed by atoms with Gasteiger partial charge in [0, 0.05) is 19.6 Å². The van der Waals surface area contributed by atoms with Gasteiger partial charge < -0.3 is 15.2 Å². The first-order chi connectivity index (χ1) is 9.86. The number of hydrogen-bond donors (Lipinski definition) is 3. The molecule has 8 nitrogen and oxygen atoms in total. The fraction of sp³-hybridized carbons (Fsp3) is 0.769. The van der Waals surface area contributed by atoms with Crippen molar-refractivity contribution in [3.8, 4) is 0 Å². The molecule has 0 saturated carbocycles. The first-order valence-electron chi connectivity index (χ1n) is 7.00. The van der Waals surface area contributed by atoms with Crippen LogP contribution in [0.5, 0.6) is 0 Å². The van der Waals surface area contributed by atoms with Crippen molar-refractivity contribution in [1.29, 1.82) is 0 Å². The number of morpholine rings is 1. The molecule has 3 amide bonds. The van der Waals surface area contributed by atoms with E-state index in [4.69, 9.17) is 9.84 Å². The lowest BCUT2D eigenvalue weighted by Gasteiger charge is -2.31. The minimum absolute atomic E-state index is 0.0502. The largest absolute Gasteiger partial charge is 0.481 e. The lowest BCUT2D eigenvalue weighted by molar-refractivity contribution is -0.142. The van der Waals surface area contributed by atoms with E-state index in [0.29, 0.717) is 32.2 Å². The van der Waals surface area contributed by atoms with Crippen LogP contribution in [0.4, 0.5) is 4.79 Å². The van der Waals surface area contributed by atoms with E-state index in [9.17, 15) is 14.4 Å². The first kappa shape index (κ1) is 17.4. The zero-order chi connectivity index (χ0) is 15.8. The highest BCUT2D eigenvalue weighted by Crippen LogP contribution is 2.08. The zero-order valence-electron chi connectivity index (χ0n) is 12.4. The summed E-state index contributed by atoms with van der Waals surface area (Å²) in [4.78, 5) is 35.6. The van der Waals surface area contributed by atoms with Crippen molar-refractivity contribution in [2.45, 2.75) is 26.4 Å². The molecule has 1 rings (SSSR count). The number of imide groups is 1. The second-order valence-corrected chi connectivity index (χ2v) is 5.48. The fourth-order valence-corrected chi connectivity index (χ4v) is 1.95. The van der Waals surface area contributed by atoms with Gasteiger partial charge in [0.15, 0.2) is 0 Å². The molecule has 1 aliphatic rings. The molecule has 0 aromatic rings. The molecule has 21 heavy (non-hydrogen) atoms. The quantitative estimate of drug-likeness (QED) is 0.618. The number of hydrogen-bond acceptors (Lipinski definition) is 5. The van der Waals surface area contributed by atoms with Gasteiger partial charge in [0.1, 0.15) is 0 Å². The maximum absolute atomic E-state index is 11.7. The number of carboxylic acid groups (broad SMARTS) is 1. The van der Waals surface area contributed by atoms with E-state index in [1.54, 1.807) is 4.90 Å².